The first-order valence-electron chi connectivity index (χ1n) is 6.79. The number of hydrogen-bond donors (Lipinski definition) is 0. The summed E-state index contributed by atoms with van der Waals surface area (Å²) in [6.07, 6.45) is 6.93. The fraction of sp³-hybridized carbons (Fsp3) is 0.625. The molecule has 2 atom stereocenters. The van der Waals surface area contributed by atoms with E-state index in [2.05, 4.69) is 32.0 Å². The molecule has 0 saturated heterocycles. The standard InChI is InChI=1S/C16H24O/c1-12-8-13(2)10-14(9-12)11-15-6-4-5-7-16(15)17-3/h8-10,15-16H,4-7,11H2,1-3H3/t15-,16+/m1/s1. The van der Waals surface area contributed by atoms with Crippen molar-refractivity contribution >= 4 is 0 Å². The van der Waals surface area contributed by atoms with Gasteiger partial charge in [-0.05, 0) is 44.6 Å². The van der Waals surface area contributed by atoms with Gasteiger partial charge in [0.1, 0.15) is 0 Å². The highest BCUT2D eigenvalue weighted by atomic mass is 16.5. The monoisotopic (exact) mass is 232 g/mol. The summed E-state index contributed by atoms with van der Waals surface area (Å²) in [5.41, 5.74) is 4.24. The second-order valence-electron chi connectivity index (χ2n) is 5.52. The summed E-state index contributed by atoms with van der Waals surface area (Å²) in [6, 6.07) is 6.90. The van der Waals surface area contributed by atoms with E-state index in [4.69, 9.17) is 4.74 Å². The highest BCUT2D eigenvalue weighted by molar-refractivity contribution is 5.28. The van der Waals surface area contributed by atoms with Crippen molar-refractivity contribution in [1.29, 1.82) is 0 Å². The molecule has 94 valence electrons. The lowest BCUT2D eigenvalue weighted by molar-refractivity contribution is 0.0239. The average Bonchev–Trinajstić information content (AvgIpc) is 2.28. The zero-order valence-corrected chi connectivity index (χ0v) is 11.3. The van der Waals surface area contributed by atoms with Gasteiger partial charge < -0.3 is 4.74 Å². The SMILES string of the molecule is CO[C@H]1CCCC[C@@H]1Cc1cc(C)cc(C)c1. The first kappa shape index (κ1) is 12.6. The van der Waals surface area contributed by atoms with Crippen molar-refractivity contribution in [3.63, 3.8) is 0 Å². The van der Waals surface area contributed by atoms with Gasteiger partial charge in [-0.3, -0.25) is 0 Å². The maximum atomic E-state index is 5.64. The van der Waals surface area contributed by atoms with Crippen LogP contribution in [0.2, 0.25) is 0 Å². The molecule has 17 heavy (non-hydrogen) atoms. The first-order valence-corrected chi connectivity index (χ1v) is 6.79. The lowest BCUT2D eigenvalue weighted by atomic mass is 9.82. The minimum absolute atomic E-state index is 0.476. The van der Waals surface area contributed by atoms with E-state index in [0.717, 1.165) is 5.92 Å². The molecule has 0 N–H and O–H groups in total. The lowest BCUT2D eigenvalue weighted by Gasteiger charge is -2.30. The highest BCUT2D eigenvalue weighted by Gasteiger charge is 2.24. The Morgan fingerprint density at radius 3 is 2.35 bits per heavy atom. The Balaban J connectivity index is 2.08. The second-order valence-corrected chi connectivity index (χ2v) is 5.52. The van der Waals surface area contributed by atoms with Crippen molar-refractivity contribution in [1.82, 2.24) is 0 Å². The number of benzene rings is 1. The molecule has 1 fully saturated rings. The Hall–Kier alpha value is -0.820. The molecular formula is C16H24O. The smallest absolute Gasteiger partial charge is 0.0602 e. The van der Waals surface area contributed by atoms with Crippen LogP contribution < -0.4 is 0 Å². The predicted molar refractivity (Wildman–Crippen MR) is 72.4 cm³/mol. The van der Waals surface area contributed by atoms with Crippen molar-refractivity contribution in [3.8, 4) is 0 Å². The van der Waals surface area contributed by atoms with E-state index in [9.17, 15) is 0 Å². The molecule has 0 amide bonds. The molecule has 0 unspecified atom stereocenters. The van der Waals surface area contributed by atoms with Gasteiger partial charge >= 0.3 is 0 Å². The van der Waals surface area contributed by atoms with Crippen LogP contribution in [0, 0.1) is 19.8 Å². The topological polar surface area (TPSA) is 9.23 Å². The number of aryl methyl sites for hydroxylation is 2. The Bertz CT molecular complexity index is 350. The van der Waals surface area contributed by atoms with Crippen molar-refractivity contribution in [3.05, 3.63) is 34.9 Å². The molecule has 0 aliphatic heterocycles. The first-order chi connectivity index (χ1) is 8.19. The zero-order chi connectivity index (χ0) is 12.3. The normalized spacial score (nSPS) is 24.9. The molecule has 2 rings (SSSR count). The van der Waals surface area contributed by atoms with Gasteiger partial charge in [-0.15, -0.1) is 0 Å². The van der Waals surface area contributed by atoms with Crippen LogP contribution in [0.4, 0.5) is 0 Å². The Labute approximate surface area is 105 Å². The molecular weight excluding hydrogens is 208 g/mol. The molecule has 0 bridgehead atoms. The fourth-order valence-corrected chi connectivity index (χ4v) is 3.21. The Morgan fingerprint density at radius 1 is 1.06 bits per heavy atom. The molecule has 0 aromatic heterocycles. The van der Waals surface area contributed by atoms with Crippen LogP contribution in [-0.2, 0) is 11.2 Å². The van der Waals surface area contributed by atoms with Crippen LogP contribution in [0.25, 0.3) is 0 Å². The third-order valence-corrected chi connectivity index (χ3v) is 3.92. The van der Waals surface area contributed by atoms with E-state index in [1.54, 1.807) is 0 Å². The van der Waals surface area contributed by atoms with Crippen molar-refractivity contribution in [2.45, 2.75) is 52.1 Å². The number of hydrogen-bond acceptors (Lipinski definition) is 1. The molecule has 1 nitrogen and oxygen atoms in total. The average molecular weight is 232 g/mol. The molecule has 1 aliphatic rings. The zero-order valence-electron chi connectivity index (χ0n) is 11.3. The summed E-state index contributed by atoms with van der Waals surface area (Å²) in [7, 11) is 1.87. The van der Waals surface area contributed by atoms with Gasteiger partial charge in [0.15, 0.2) is 0 Å². The molecule has 1 heteroatoms. The van der Waals surface area contributed by atoms with E-state index in [1.807, 2.05) is 7.11 Å². The summed E-state index contributed by atoms with van der Waals surface area (Å²) in [5, 5.41) is 0. The molecule has 0 heterocycles. The lowest BCUT2D eigenvalue weighted by Crippen LogP contribution is -2.28. The Morgan fingerprint density at radius 2 is 1.71 bits per heavy atom. The largest absolute Gasteiger partial charge is 0.381 e. The van der Waals surface area contributed by atoms with Crippen LogP contribution in [0.3, 0.4) is 0 Å². The number of methoxy groups -OCH3 is 1. The van der Waals surface area contributed by atoms with E-state index in [-0.39, 0.29) is 0 Å². The highest BCUT2D eigenvalue weighted by Crippen LogP contribution is 2.29. The van der Waals surface area contributed by atoms with Gasteiger partial charge in [0, 0.05) is 7.11 Å². The van der Waals surface area contributed by atoms with Crippen LogP contribution in [-0.4, -0.2) is 13.2 Å². The fourth-order valence-electron chi connectivity index (χ4n) is 3.21. The van der Waals surface area contributed by atoms with E-state index < -0.39 is 0 Å². The van der Waals surface area contributed by atoms with E-state index in [0.29, 0.717) is 6.10 Å². The van der Waals surface area contributed by atoms with Gasteiger partial charge in [-0.2, -0.15) is 0 Å². The van der Waals surface area contributed by atoms with Crippen LogP contribution >= 0.6 is 0 Å². The number of rotatable bonds is 3. The third-order valence-electron chi connectivity index (χ3n) is 3.92. The maximum Gasteiger partial charge on any atom is 0.0602 e. The minimum Gasteiger partial charge on any atom is -0.381 e. The summed E-state index contributed by atoms with van der Waals surface area (Å²) < 4.78 is 5.64. The molecule has 0 spiro atoms. The van der Waals surface area contributed by atoms with E-state index in [1.165, 1.54) is 48.8 Å². The predicted octanol–water partition coefficient (Wildman–Crippen LogP) is 4.05. The summed E-state index contributed by atoms with van der Waals surface area (Å²) >= 11 is 0. The molecule has 1 aliphatic carbocycles. The molecule has 0 radical (unpaired) electrons. The van der Waals surface area contributed by atoms with Gasteiger partial charge in [0.05, 0.1) is 6.10 Å². The quantitative estimate of drug-likeness (QED) is 0.764. The molecule has 1 aromatic carbocycles. The van der Waals surface area contributed by atoms with Crippen LogP contribution in [0.1, 0.15) is 42.4 Å². The maximum absolute atomic E-state index is 5.64. The summed E-state index contributed by atoms with van der Waals surface area (Å²) in [6.45, 7) is 4.37. The summed E-state index contributed by atoms with van der Waals surface area (Å²) in [4.78, 5) is 0. The Kier molecular flexibility index (Phi) is 4.22. The molecule has 1 aromatic rings. The van der Waals surface area contributed by atoms with Crippen molar-refractivity contribution in [2.75, 3.05) is 7.11 Å². The van der Waals surface area contributed by atoms with Crippen molar-refractivity contribution < 1.29 is 4.74 Å². The van der Waals surface area contributed by atoms with Gasteiger partial charge in [-0.1, -0.05) is 42.2 Å². The van der Waals surface area contributed by atoms with E-state index >= 15 is 0 Å². The van der Waals surface area contributed by atoms with Crippen molar-refractivity contribution in [2.24, 2.45) is 5.92 Å². The van der Waals surface area contributed by atoms with Crippen LogP contribution in [0.15, 0.2) is 18.2 Å². The van der Waals surface area contributed by atoms with Gasteiger partial charge in [0.2, 0.25) is 0 Å². The summed E-state index contributed by atoms with van der Waals surface area (Å²) in [5.74, 6) is 0.718. The van der Waals surface area contributed by atoms with Gasteiger partial charge in [0.25, 0.3) is 0 Å². The molecule has 1 saturated carbocycles. The number of ether oxygens (including phenoxy) is 1. The third kappa shape index (κ3) is 3.32. The minimum atomic E-state index is 0.476. The van der Waals surface area contributed by atoms with Crippen LogP contribution in [0.5, 0.6) is 0 Å². The van der Waals surface area contributed by atoms with Gasteiger partial charge in [-0.25, -0.2) is 0 Å². The second kappa shape index (κ2) is 5.68.